The van der Waals surface area contributed by atoms with Gasteiger partial charge in [0.25, 0.3) is 0 Å². The van der Waals surface area contributed by atoms with Gasteiger partial charge in [-0.2, -0.15) is 5.10 Å². The second-order valence-corrected chi connectivity index (χ2v) is 5.71. The molecule has 0 bridgehead atoms. The molecule has 0 saturated carbocycles. The van der Waals surface area contributed by atoms with E-state index < -0.39 is 6.29 Å². The molecule has 3 aromatic rings. The number of esters is 1. The summed E-state index contributed by atoms with van der Waals surface area (Å²) in [6.07, 6.45) is -0.499. The lowest BCUT2D eigenvalue weighted by Gasteiger charge is -2.16. The van der Waals surface area contributed by atoms with Crippen molar-refractivity contribution < 1.29 is 14.3 Å². The fourth-order valence-corrected chi connectivity index (χ4v) is 2.50. The van der Waals surface area contributed by atoms with Crippen LogP contribution in [0.1, 0.15) is 18.2 Å². The van der Waals surface area contributed by atoms with Crippen LogP contribution in [0.25, 0.3) is 5.69 Å². The summed E-state index contributed by atoms with van der Waals surface area (Å²) < 4.78 is 12.8. The van der Waals surface area contributed by atoms with E-state index in [2.05, 4.69) is 5.10 Å². The van der Waals surface area contributed by atoms with Crippen LogP contribution in [-0.2, 0) is 16.0 Å². The Morgan fingerprint density at radius 2 is 1.72 bits per heavy atom. The summed E-state index contributed by atoms with van der Waals surface area (Å²) >= 11 is 0. The maximum Gasteiger partial charge on any atom is 0.313 e. The Kier molecular flexibility index (Phi) is 5.14. The van der Waals surface area contributed by atoms with Crippen LogP contribution in [0.5, 0.6) is 5.88 Å². The van der Waals surface area contributed by atoms with E-state index >= 15 is 0 Å². The van der Waals surface area contributed by atoms with Gasteiger partial charge in [0, 0.05) is 13.0 Å². The van der Waals surface area contributed by atoms with Crippen LogP contribution in [0.2, 0.25) is 0 Å². The third kappa shape index (κ3) is 4.47. The molecule has 0 aliphatic rings. The molecule has 5 nitrogen and oxygen atoms in total. The summed E-state index contributed by atoms with van der Waals surface area (Å²) in [5.74, 6) is 0.199. The predicted molar refractivity (Wildman–Crippen MR) is 94.6 cm³/mol. The second kappa shape index (κ2) is 7.66. The maximum atomic E-state index is 12.0. The highest BCUT2D eigenvalue weighted by Crippen LogP contribution is 2.20. The number of carbonyl (C=O) groups is 1. The van der Waals surface area contributed by atoms with Crippen LogP contribution in [0.3, 0.4) is 0 Å². The number of hydrogen-bond acceptors (Lipinski definition) is 4. The van der Waals surface area contributed by atoms with E-state index in [4.69, 9.17) is 9.47 Å². The average Bonchev–Trinajstić information content (AvgIpc) is 2.96. The van der Waals surface area contributed by atoms with Crippen molar-refractivity contribution >= 4 is 5.97 Å². The lowest BCUT2D eigenvalue weighted by atomic mass is 10.2. The predicted octanol–water partition coefficient (Wildman–Crippen LogP) is 3.69. The Morgan fingerprint density at radius 3 is 2.40 bits per heavy atom. The van der Waals surface area contributed by atoms with Gasteiger partial charge < -0.3 is 9.47 Å². The Morgan fingerprint density at radius 1 is 1.08 bits per heavy atom. The molecule has 0 saturated heterocycles. The van der Waals surface area contributed by atoms with Gasteiger partial charge in [-0.15, -0.1) is 0 Å². The molecule has 2 aromatic carbocycles. The van der Waals surface area contributed by atoms with E-state index in [9.17, 15) is 4.79 Å². The highest BCUT2D eigenvalue weighted by Gasteiger charge is 2.15. The lowest BCUT2D eigenvalue weighted by Crippen LogP contribution is -2.23. The normalized spacial score (nSPS) is 11.8. The molecule has 1 atom stereocenters. The highest BCUT2D eigenvalue weighted by atomic mass is 16.7. The van der Waals surface area contributed by atoms with E-state index in [1.54, 1.807) is 11.6 Å². The number of aromatic nitrogens is 2. The Bertz CT molecular complexity index is 829. The van der Waals surface area contributed by atoms with Crippen molar-refractivity contribution in [1.29, 1.82) is 0 Å². The van der Waals surface area contributed by atoms with Crippen LogP contribution in [-0.4, -0.2) is 22.0 Å². The molecule has 0 radical (unpaired) electrons. The van der Waals surface area contributed by atoms with Crippen molar-refractivity contribution in [3.63, 3.8) is 0 Å². The molecule has 3 rings (SSSR count). The standard InChI is InChI=1S/C20H20N2O3/c1-15-13-19(22(21-15)18-11-7-4-8-12-18)24-16(2)25-20(23)14-17-9-5-3-6-10-17/h3-13,16H,14H2,1-2H3. The quantitative estimate of drug-likeness (QED) is 0.509. The van der Waals surface area contributed by atoms with Gasteiger partial charge in [-0.05, 0) is 24.6 Å². The first-order valence-electron chi connectivity index (χ1n) is 8.14. The van der Waals surface area contributed by atoms with E-state index in [0.717, 1.165) is 16.9 Å². The van der Waals surface area contributed by atoms with Gasteiger partial charge in [0.2, 0.25) is 12.2 Å². The largest absolute Gasteiger partial charge is 0.438 e. The van der Waals surface area contributed by atoms with E-state index in [1.807, 2.05) is 73.7 Å². The molecule has 5 heteroatoms. The number of benzene rings is 2. The average molecular weight is 336 g/mol. The first kappa shape index (κ1) is 16.8. The summed E-state index contributed by atoms with van der Waals surface area (Å²) in [5, 5.41) is 4.43. The number of para-hydroxylation sites is 1. The number of carbonyl (C=O) groups excluding carboxylic acids is 1. The van der Waals surface area contributed by atoms with Crippen molar-refractivity contribution in [3.8, 4) is 11.6 Å². The summed E-state index contributed by atoms with van der Waals surface area (Å²) in [7, 11) is 0. The smallest absolute Gasteiger partial charge is 0.313 e. The van der Waals surface area contributed by atoms with Crippen molar-refractivity contribution in [2.75, 3.05) is 0 Å². The third-order valence-electron chi connectivity index (χ3n) is 3.58. The van der Waals surface area contributed by atoms with Gasteiger partial charge in [0.1, 0.15) is 0 Å². The molecule has 1 unspecified atom stereocenters. The fourth-order valence-electron chi connectivity index (χ4n) is 2.50. The monoisotopic (exact) mass is 336 g/mol. The van der Waals surface area contributed by atoms with Gasteiger partial charge in [-0.3, -0.25) is 4.79 Å². The van der Waals surface area contributed by atoms with E-state index in [1.165, 1.54) is 0 Å². The molecule has 0 fully saturated rings. The van der Waals surface area contributed by atoms with Gasteiger partial charge in [-0.25, -0.2) is 4.68 Å². The summed E-state index contributed by atoms with van der Waals surface area (Å²) in [5.41, 5.74) is 2.61. The minimum absolute atomic E-state index is 0.214. The zero-order valence-electron chi connectivity index (χ0n) is 14.3. The Hall–Kier alpha value is -3.08. The highest BCUT2D eigenvalue weighted by molar-refractivity contribution is 5.72. The van der Waals surface area contributed by atoms with E-state index in [-0.39, 0.29) is 12.4 Å². The van der Waals surface area contributed by atoms with Gasteiger partial charge in [0.15, 0.2) is 0 Å². The number of rotatable bonds is 6. The summed E-state index contributed by atoms with van der Waals surface area (Å²) in [4.78, 5) is 12.0. The van der Waals surface area contributed by atoms with Crippen LogP contribution in [0.15, 0.2) is 66.7 Å². The summed E-state index contributed by atoms with van der Waals surface area (Å²) in [6, 6.07) is 21.0. The molecule has 0 N–H and O–H groups in total. The first-order chi connectivity index (χ1) is 12.1. The Labute approximate surface area is 146 Å². The lowest BCUT2D eigenvalue weighted by molar-refractivity contribution is -0.160. The van der Waals surface area contributed by atoms with E-state index in [0.29, 0.717) is 5.88 Å². The first-order valence-corrected chi connectivity index (χ1v) is 8.14. The summed E-state index contributed by atoms with van der Waals surface area (Å²) in [6.45, 7) is 3.58. The van der Waals surface area contributed by atoms with Gasteiger partial charge in [-0.1, -0.05) is 48.5 Å². The van der Waals surface area contributed by atoms with Crippen LogP contribution >= 0.6 is 0 Å². The molecule has 0 aliphatic carbocycles. The molecule has 0 amide bonds. The molecular formula is C20H20N2O3. The van der Waals surface area contributed by atoms with Crippen molar-refractivity contribution in [1.82, 2.24) is 9.78 Å². The maximum absolute atomic E-state index is 12.0. The zero-order valence-corrected chi connectivity index (χ0v) is 14.3. The molecular weight excluding hydrogens is 316 g/mol. The molecule has 0 spiro atoms. The van der Waals surface area contributed by atoms with Crippen LogP contribution in [0, 0.1) is 6.92 Å². The van der Waals surface area contributed by atoms with Crippen LogP contribution < -0.4 is 4.74 Å². The topological polar surface area (TPSA) is 53.4 Å². The number of hydrogen-bond donors (Lipinski definition) is 0. The van der Waals surface area contributed by atoms with Gasteiger partial charge >= 0.3 is 5.97 Å². The Balaban J connectivity index is 1.65. The molecule has 1 heterocycles. The molecule has 25 heavy (non-hydrogen) atoms. The minimum Gasteiger partial charge on any atom is -0.438 e. The number of ether oxygens (including phenoxy) is 2. The molecule has 128 valence electrons. The second-order valence-electron chi connectivity index (χ2n) is 5.71. The number of aryl methyl sites for hydroxylation is 1. The van der Waals surface area contributed by atoms with Crippen molar-refractivity contribution in [3.05, 3.63) is 78.0 Å². The van der Waals surface area contributed by atoms with Crippen molar-refractivity contribution in [2.45, 2.75) is 26.6 Å². The molecule has 0 aliphatic heterocycles. The molecule has 1 aromatic heterocycles. The third-order valence-corrected chi connectivity index (χ3v) is 3.58. The number of nitrogens with zero attached hydrogens (tertiary/aromatic N) is 2. The van der Waals surface area contributed by atoms with Gasteiger partial charge in [0.05, 0.1) is 17.8 Å². The zero-order chi connectivity index (χ0) is 17.6. The SMILES string of the molecule is Cc1cc(OC(C)OC(=O)Cc2ccccc2)n(-c2ccccc2)n1. The van der Waals surface area contributed by atoms with Crippen molar-refractivity contribution in [2.24, 2.45) is 0 Å². The fraction of sp³-hybridized carbons (Fsp3) is 0.200. The minimum atomic E-state index is -0.713. The van der Waals surface area contributed by atoms with Crippen LogP contribution in [0.4, 0.5) is 0 Å².